The van der Waals surface area contributed by atoms with Gasteiger partial charge in [0.15, 0.2) is 0 Å². The van der Waals surface area contributed by atoms with E-state index in [2.05, 4.69) is 0 Å². The Kier molecular flexibility index (Phi) is 4.76. The van der Waals surface area contributed by atoms with Gasteiger partial charge in [-0.05, 0) is 6.42 Å². The average Bonchev–Trinajstić information content (AvgIpc) is 2.15. The third-order valence-electron chi connectivity index (χ3n) is 1.99. The fourth-order valence-electron chi connectivity index (χ4n) is 0.934. The molecule has 0 unspecified atom stereocenters. The van der Waals surface area contributed by atoms with Gasteiger partial charge in [0.1, 0.15) is 0 Å². The van der Waals surface area contributed by atoms with Crippen LogP contribution in [-0.2, 0) is 0 Å². The maximum absolute atomic E-state index is 12.8. The lowest BCUT2D eigenvalue weighted by atomic mass is 10.0. The first kappa shape index (κ1) is 17.1. The molecule has 0 N–H and O–H groups in total. The summed E-state index contributed by atoms with van der Waals surface area (Å²) in [6, 6.07) is 0. The van der Waals surface area contributed by atoms with Crippen LogP contribution in [-0.4, -0.2) is 23.9 Å². The molecule has 18 heavy (non-hydrogen) atoms. The highest BCUT2D eigenvalue weighted by Crippen LogP contribution is 2.54. The molecule has 0 aromatic carbocycles. The Bertz CT molecular complexity index is 300. The highest BCUT2D eigenvalue weighted by atomic mass is 19.4. The summed E-state index contributed by atoms with van der Waals surface area (Å²) in [4.78, 5) is 0. The van der Waals surface area contributed by atoms with Gasteiger partial charge < -0.3 is 0 Å². The summed E-state index contributed by atoms with van der Waals surface area (Å²) >= 11 is 0. The Morgan fingerprint density at radius 2 is 1.17 bits per heavy atom. The number of alkyl halides is 9. The Hall–Kier alpha value is -0.890. The summed E-state index contributed by atoms with van der Waals surface area (Å²) < 4.78 is 111. The molecule has 0 saturated carbocycles. The smallest absolute Gasteiger partial charge is 0.199 e. The molecule has 0 amide bonds. The molecule has 0 aliphatic rings. The van der Waals surface area contributed by atoms with E-state index in [1.807, 2.05) is 0 Å². The van der Waals surface area contributed by atoms with Gasteiger partial charge in [-0.2, -0.15) is 39.5 Å². The molecule has 0 aromatic heterocycles. The Morgan fingerprint density at radius 3 is 1.50 bits per heavy atom. The van der Waals surface area contributed by atoms with Gasteiger partial charge in [0.05, 0.1) is 0 Å². The van der Waals surface area contributed by atoms with E-state index in [1.165, 1.54) is 6.92 Å². The highest BCUT2D eigenvalue weighted by Gasteiger charge is 2.81. The summed E-state index contributed by atoms with van der Waals surface area (Å²) in [5.74, 6) is -18.8. The predicted octanol–water partition coefficient (Wildman–Crippen LogP) is 4.81. The average molecular weight is 288 g/mol. The largest absolute Gasteiger partial charge is 0.460 e. The maximum Gasteiger partial charge on any atom is 0.460 e. The molecule has 0 saturated heterocycles. The van der Waals surface area contributed by atoms with Gasteiger partial charge in [-0.3, -0.25) is 0 Å². The van der Waals surface area contributed by atoms with Gasteiger partial charge in [-0.15, -0.1) is 0 Å². The number of rotatable bonds is 5. The van der Waals surface area contributed by atoms with Crippen molar-refractivity contribution in [1.29, 1.82) is 0 Å². The van der Waals surface area contributed by atoms with Crippen molar-refractivity contribution in [1.82, 2.24) is 0 Å². The zero-order chi connectivity index (χ0) is 14.8. The zero-order valence-electron chi connectivity index (χ0n) is 8.97. The van der Waals surface area contributed by atoms with Crippen LogP contribution in [0.1, 0.15) is 19.8 Å². The molecule has 108 valence electrons. The summed E-state index contributed by atoms with van der Waals surface area (Å²) in [5, 5.41) is 0. The highest BCUT2D eigenvalue weighted by molar-refractivity contribution is 5.03. The molecule has 0 aromatic rings. The Balaban J connectivity index is 5.29. The molecule has 0 atom stereocenters. The summed E-state index contributed by atoms with van der Waals surface area (Å²) in [6.45, 7) is 1.44. The van der Waals surface area contributed by atoms with Crippen LogP contribution >= 0.6 is 0 Å². The van der Waals surface area contributed by atoms with Gasteiger partial charge in [-0.25, -0.2) is 0 Å². The van der Waals surface area contributed by atoms with Crippen molar-refractivity contribution < 1.29 is 39.5 Å². The van der Waals surface area contributed by atoms with Crippen molar-refractivity contribution in [3.63, 3.8) is 0 Å². The molecule has 0 heterocycles. The molecule has 0 rings (SSSR count). The van der Waals surface area contributed by atoms with Crippen LogP contribution in [0.2, 0.25) is 0 Å². The van der Waals surface area contributed by atoms with Gasteiger partial charge in [-0.1, -0.05) is 19.1 Å². The van der Waals surface area contributed by atoms with E-state index in [-0.39, 0.29) is 6.42 Å². The Morgan fingerprint density at radius 1 is 0.722 bits per heavy atom. The van der Waals surface area contributed by atoms with Crippen molar-refractivity contribution in [3.8, 4) is 0 Å². The SMILES string of the molecule is CC/C=C/CC(F)(F)C(F)(F)C(F)(F)C(F)(F)F. The molecule has 0 spiro atoms. The number of allylic oxidation sites excluding steroid dienone is 2. The van der Waals surface area contributed by atoms with Crippen molar-refractivity contribution in [3.05, 3.63) is 12.2 Å². The van der Waals surface area contributed by atoms with Crippen LogP contribution in [0.5, 0.6) is 0 Å². The monoisotopic (exact) mass is 288 g/mol. The second-order valence-electron chi connectivity index (χ2n) is 3.43. The first-order chi connectivity index (χ1) is 7.81. The maximum atomic E-state index is 12.8. The van der Waals surface area contributed by atoms with E-state index in [9.17, 15) is 39.5 Å². The van der Waals surface area contributed by atoms with E-state index < -0.39 is 30.4 Å². The standard InChI is InChI=1S/C9H9F9/c1-2-3-4-5-6(10,11)7(12,13)8(14,15)9(16,17)18/h3-4H,2,5H2,1H3/b4-3+. The molecule has 9 heteroatoms. The minimum atomic E-state index is -6.80. The first-order valence-electron chi connectivity index (χ1n) is 4.66. The molecule has 0 radical (unpaired) electrons. The van der Waals surface area contributed by atoms with Crippen LogP contribution in [0, 0.1) is 0 Å². The third-order valence-corrected chi connectivity index (χ3v) is 1.99. The second kappa shape index (κ2) is 5.00. The topological polar surface area (TPSA) is 0 Å². The first-order valence-corrected chi connectivity index (χ1v) is 4.66. The lowest BCUT2D eigenvalue weighted by molar-refractivity contribution is -0.395. The number of hydrogen-bond donors (Lipinski definition) is 0. The van der Waals surface area contributed by atoms with Crippen molar-refractivity contribution >= 4 is 0 Å². The lowest BCUT2D eigenvalue weighted by Gasteiger charge is -2.33. The summed E-state index contributed by atoms with van der Waals surface area (Å²) in [7, 11) is 0. The van der Waals surface area contributed by atoms with Crippen molar-refractivity contribution in [2.24, 2.45) is 0 Å². The summed E-state index contributed by atoms with van der Waals surface area (Å²) in [5.41, 5.74) is 0. The molecule has 0 fully saturated rings. The van der Waals surface area contributed by atoms with E-state index in [0.717, 1.165) is 6.08 Å². The predicted molar refractivity (Wildman–Crippen MR) is 44.9 cm³/mol. The fourth-order valence-corrected chi connectivity index (χ4v) is 0.934. The molecule has 0 nitrogen and oxygen atoms in total. The second-order valence-corrected chi connectivity index (χ2v) is 3.43. The fraction of sp³-hybridized carbons (Fsp3) is 0.778. The molecule has 0 bridgehead atoms. The molecular weight excluding hydrogens is 279 g/mol. The van der Waals surface area contributed by atoms with Gasteiger partial charge >= 0.3 is 23.9 Å². The molecule has 0 aliphatic carbocycles. The number of hydrogen-bond acceptors (Lipinski definition) is 0. The van der Waals surface area contributed by atoms with Gasteiger partial charge in [0, 0.05) is 6.42 Å². The normalized spacial score (nSPS) is 15.4. The van der Waals surface area contributed by atoms with E-state index in [1.54, 1.807) is 0 Å². The van der Waals surface area contributed by atoms with E-state index >= 15 is 0 Å². The lowest BCUT2D eigenvalue weighted by Crippen LogP contribution is -2.60. The van der Waals surface area contributed by atoms with Crippen LogP contribution in [0.4, 0.5) is 39.5 Å². The van der Waals surface area contributed by atoms with Gasteiger partial charge in [0.25, 0.3) is 0 Å². The van der Waals surface area contributed by atoms with Crippen LogP contribution in [0.15, 0.2) is 12.2 Å². The van der Waals surface area contributed by atoms with E-state index in [0.29, 0.717) is 6.08 Å². The van der Waals surface area contributed by atoms with E-state index in [4.69, 9.17) is 0 Å². The minimum Gasteiger partial charge on any atom is -0.199 e. The summed E-state index contributed by atoms with van der Waals surface area (Å²) in [6.07, 6.45) is -7.12. The van der Waals surface area contributed by atoms with Gasteiger partial charge in [0.2, 0.25) is 0 Å². The minimum absolute atomic E-state index is 0.150. The molecular formula is C9H9F9. The quantitative estimate of drug-likeness (QED) is 0.503. The van der Waals surface area contributed by atoms with Crippen LogP contribution in [0.25, 0.3) is 0 Å². The van der Waals surface area contributed by atoms with Crippen LogP contribution < -0.4 is 0 Å². The zero-order valence-corrected chi connectivity index (χ0v) is 8.97. The Labute approximate surface area is 96.5 Å². The van der Waals surface area contributed by atoms with Crippen molar-refractivity contribution in [2.45, 2.75) is 43.7 Å². The number of halogens is 9. The van der Waals surface area contributed by atoms with Crippen molar-refractivity contribution in [2.75, 3.05) is 0 Å². The third kappa shape index (κ3) is 2.92. The molecule has 0 aliphatic heterocycles. The van der Waals surface area contributed by atoms with Crippen LogP contribution in [0.3, 0.4) is 0 Å².